The van der Waals surface area contributed by atoms with Gasteiger partial charge in [0.1, 0.15) is 11.2 Å². The summed E-state index contributed by atoms with van der Waals surface area (Å²) in [5.74, 6) is 0. The normalized spacial score (nSPS) is 20.3. The van der Waals surface area contributed by atoms with Gasteiger partial charge in [0.15, 0.2) is 0 Å². The Balaban J connectivity index is 1.69. The third kappa shape index (κ3) is 4.17. The number of fused-ring (bicyclic) bond motifs is 5. The first-order chi connectivity index (χ1) is 34.0. The second-order valence-corrected chi connectivity index (χ2v) is 9.51. The van der Waals surface area contributed by atoms with Gasteiger partial charge in [-0.1, -0.05) is 145 Å². The lowest BCUT2D eigenvalue weighted by Crippen LogP contribution is -1.92. The van der Waals surface area contributed by atoms with Crippen LogP contribution in [0.4, 0.5) is 0 Å². The minimum absolute atomic E-state index is 0.542. The van der Waals surface area contributed by atoms with Gasteiger partial charge in [0.05, 0.1) is 38.4 Å². The fourth-order valence-electron chi connectivity index (χ4n) is 5.23. The van der Waals surface area contributed by atoms with Crippen molar-refractivity contribution in [1.82, 2.24) is 0 Å². The van der Waals surface area contributed by atoms with Gasteiger partial charge >= 0.3 is 0 Å². The van der Waals surface area contributed by atoms with E-state index in [1.165, 1.54) is 0 Å². The fraction of sp³-hybridized carbons (Fsp3) is 0. The molecule has 0 unspecified atom stereocenters. The van der Waals surface area contributed by atoms with Crippen LogP contribution in [0, 0.1) is 0 Å². The average molecular weight is 601 g/mol. The highest BCUT2D eigenvalue weighted by molar-refractivity contribution is 6.26. The Labute approximate surface area is 301 Å². The molecule has 0 saturated heterocycles. The minimum Gasteiger partial charge on any atom is -0.456 e. The second kappa shape index (κ2) is 10.4. The molecule has 1 heteroatoms. The van der Waals surface area contributed by atoms with E-state index in [2.05, 4.69) is 0 Å². The lowest BCUT2D eigenvalue weighted by Gasteiger charge is -2.19. The lowest BCUT2D eigenvalue weighted by molar-refractivity contribution is 0.669. The van der Waals surface area contributed by atoms with Crippen LogP contribution < -0.4 is 0 Å². The summed E-state index contributed by atoms with van der Waals surface area (Å²) in [4.78, 5) is 0. The van der Waals surface area contributed by atoms with E-state index in [9.17, 15) is 9.60 Å². The van der Waals surface area contributed by atoms with Crippen molar-refractivity contribution in [3.8, 4) is 44.5 Å². The van der Waals surface area contributed by atoms with E-state index in [1.807, 2.05) is 0 Å². The molecule has 0 bridgehead atoms. The maximum absolute atomic E-state index is 10.2. The van der Waals surface area contributed by atoms with Crippen LogP contribution in [0.3, 0.4) is 0 Å². The van der Waals surface area contributed by atoms with Gasteiger partial charge in [-0.3, -0.25) is 0 Å². The number of para-hydroxylation sites is 1. The van der Waals surface area contributed by atoms with E-state index in [4.69, 9.17) is 33.2 Å². The van der Waals surface area contributed by atoms with Crippen LogP contribution in [-0.4, -0.2) is 0 Å². The molecule has 0 saturated carbocycles. The van der Waals surface area contributed by atoms with Gasteiger partial charge < -0.3 is 4.42 Å². The molecule has 0 aliphatic rings. The predicted molar refractivity (Wildman–Crippen MR) is 190 cm³/mol. The van der Waals surface area contributed by atoms with Crippen LogP contribution in [0.1, 0.15) is 38.4 Å². The fourth-order valence-corrected chi connectivity index (χ4v) is 5.23. The Morgan fingerprint density at radius 2 is 0.867 bits per heavy atom. The molecule has 0 fully saturated rings. The largest absolute Gasteiger partial charge is 0.456 e. The van der Waals surface area contributed by atoms with Crippen molar-refractivity contribution >= 4 is 43.5 Å². The highest BCUT2D eigenvalue weighted by Crippen LogP contribution is 2.47. The summed E-state index contributed by atoms with van der Waals surface area (Å²) in [6.07, 6.45) is 0. The molecule has 0 amide bonds. The molecule has 1 nitrogen and oxygen atoms in total. The van der Waals surface area contributed by atoms with Crippen molar-refractivity contribution in [2.75, 3.05) is 0 Å². The van der Waals surface area contributed by atoms with Gasteiger partial charge in [0.25, 0.3) is 0 Å². The van der Waals surface area contributed by atoms with E-state index in [0.717, 1.165) is 0 Å². The Bertz CT molecular complexity index is 4060. The van der Waals surface area contributed by atoms with Crippen LogP contribution in [-0.2, 0) is 0 Å². The molecule has 9 rings (SSSR count). The Hall–Kier alpha value is -5.92. The Morgan fingerprint density at radius 1 is 0.333 bits per heavy atom. The smallest absolute Gasteiger partial charge is 0.136 e. The van der Waals surface area contributed by atoms with Gasteiger partial charge in [-0.05, 0) is 90.2 Å². The molecule has 0 aliphatic heterocycles. The molecule has 210 valence electrons. The van der Waals surface area contributed by atoms with E-state index in [1.54, 1.807) is 0 Å². The summed E-state index contributed by atoms with van der Waals surface area (Å²) in [6.45, 7) is 0. The summed E-state index contributed by atoms with van der Waals surface area (Å²) in [7, 11) is 0. The first kappa shape index (κ1) is 10.1. The molecule has 1 heterocycles. The number of hydrogen-bond donors (Lipinski definition) is 0. The molecule has 0 radical (unpaired) electrons. The van der Waals surface area contributed by atoms with Crippen molar-refractivity contribution in [2.24, 2.45) is 0 Å². The lowest BCUT2D eigenvalue weighted by atomic mass is 9.84. The standard InChI is InChI=1S/C44H28O/c1-3-13-29(14-4-1)31-17-11-18-32(27-31)33-25-26-36-39(28-33)43(35-20-8-7-19-34(35)42(36)30-15-5-2-6-16-30)38-22-12-24-41-44(38)37-21-9-10-23-40(37)45-41/h1-28H/i1D,2D,3D,4D,5D,6D,7D,8D,9D,10D,11D,12D,13D,14D,15D,16D,17D,18D,19D,20D,21D,22D,23D,24D,25D,26D,27D,28D. The molecular formula is C44H28O. The van der Waals surface area contributed by atoms with Crippen molar-refractivity contribution in [1.29, 1.82) is 0 Å². The van der Waals surface area contributed by atoms with E-state index in [-0.39, 0.29) is 0 Å². The van der Waals surface area contributed by atoms with Crippen LogP contribution in [0.15, 0.2) is 174 Å². The maximum Gasteiger partial charge on any atom is 0.136 e. The van der Waals surface area contributed by atoms with E-state index >= 15 is 0 Å². The van der Waals surface area contributed by atoms with Crippen LogP contribution in [0.25, 0.3) is 88.0 Å². The molecule has 0 spiro atoms. The van der Waals surface area contributed by atoms with Gasteiger partial charge in [-0.2, -0.15) is 0 Å². The molecule has 8 aromatic carbocycles. The zero-order chi connectivity index (χ0) is 54.1. The monoisotopic (exact) mass is 600 g/mol. The molecule has 0 aliphatic carbocycles. The summed E-state index contributed by atoms with van der Waals surface area (Å²) < 4.78 is 257. The van der Waals surface area contributed by atoms with Gasteiger partial charge in [0, 0.05) is 10.8 Å². The number of furan rings is 1. The predicted octanol–water partition coefficient (Wildman–Crippen LogP) is 12.6. The Kier molecular flexibility index (Phi) is 2.32. The molecule has 0 N–H and O–H groups in total. The molecular weight excluding hydrogens is 544 g/mol. The summed E-state index contributed by atoms with van der Waals surface area (Å²) in [6, 6.07) is -27.5. The summed E-state index contributed by atoms with van der Waals surface area (Å²) in [5, 5.41) is -4.31. The number of rotatable bonds is 4. The SMILES string of the molecule is [2H]c1c([2H])c([2H])c(-c2c([2H])c([2H])c([2H])c(-c3c([2H])c([2H])c4c(-c5c([2H])c([2H])c([2H])c([2H])c5[2H])c5c([2H])c([2H])c([2H])c([2H])c5c(-c5c([2H])c([2H])c([2H])c6oc7c([2H])c([2H])c([2H])c([2H])c7c56)c4c3[2H])c2[2H])c([2H])c1[2H]. The van der Waals surface area contributed by atoms with E-state index < -0.39 is 257 Å². The third-order valence-corrected chi connectivity index (χ3v) is 7.07. The first-order valence-electron chi connectivity index (χ1n) is 27.2. The van der Waals surface area contributed by atoms with Gasteiger partial charge in [-0.25, -0.2) is 0 Å². The molecule has 1 aromatic heterocycles. The summed E-state index contributed by atoms with van der Waals surface area (Å²) >= 11 is 0. The maximum atomic E-state index is 10.2. The van der Waals surface area contributed by atoms with Crippen molar-refractivity contribution in [3.05, 3.63) is 169 Å². The number of hydrogen-bond acceptors (Lipinski definition) is 1. The second-order valence-electron chi connectivity index (χ2n) is 9.51. The highest BCUT2D eigenvalue weighted by Gasteiger charge is 2.20. The van der Waals surface area contributed by atoms with Crippen molar-refractivity contribution < 1.29 is 42.8 Å². The zero-order valence-corrected chi connectivity index (χ0v) is 22.4. The summed E-state index contributed by atoms with van der Waals surface area (Å²) in [5.41, 5.74) is -8.01. The minimum atomic E-state index is -1.15. The average Bonchev–Trinajstić information content (AvgIpc) is 3.76. The molecule has 0 atom stereocenters. The quantitative estimate of drug-likeness (QED) is 0.183. The highest BCUT2D eigenvalue weighted by atomic mass is 16.3. The third-order valence-electron chi connectivity index (χ3n) is 7.07. The van der Waals surface area contributed by atoms with Crippen LogP contribution in [0.2, 0.25) is 0 Å². The van der Waals surface area contributed by atoms with Gasteiger partial charge in [0.2, 0.25) is 0 Å². The van der Waals surface area contributed by atoms with Crippen molar-refractivity contribution in [2.45, 2.75) is 0 Å². The van der Waals surface area contributed by atoms with Crippen LogP contribution >= 0.6 is 0 Å². The zero-order valence-electron chi connectivity index (χ0n) is 50.4. The van der Waals surface area contributed by atoms with Crippen molar-refractivity contribution in [3.63, 3.8) is 0 Å². The van der Waals surface area contributed by atoms with Crippen LogP contribution in [0.5, 0.6) is 0 Å². The number of benzene rings is 8. The molecule has 45 heavy (non-hydrogen) atoms. The topological polar surface area (TPSA) is 13.1 Å². The van der Waals surface area contributed by atoms with E-state index in [0.29, 0.717) is 0 Å². The van der Waals surface area contributed by atoms with Gasteiger partial charge in [-0.15, -0.1) is 0 Å². The first-order valence-corrected chi connectivity index (χ1v) is 13.2. The Morgan fingerprint density at radius 3 is 1.64 bits per heavy atom. The molecule has 9 aromatic rings.